The van der Waals surface area contributed by atoms with Gasteiger partial charge in [0.2, 0.25) is 11.8 Å². The molecule has 1 heterocycles. The quantitative estimate of drug-likeness (QED) is 0.701. The number of rotatable bonds is 7. The van der Waals surface area contributed by atoms with Crippen LogP contribution in [0.2, 0.25) is 0 Å². The molecule has 1 aromatic heterocycles. The Hall–Kier alpha value is -2.28. The van der Waals surface area contributed by atoms with Crippen LogP contribution < -0.4 is 4.74 Å². The molecule has 25 heavy (non-hydrogen) atoms. The number of carbonyl (C=O) groups excluding carboxylic acids is 1. The summed E-state index contributed by atoms with van der Waals surface area (Å²) in [7, 11) is 1.62. The van der Waals surface area contributed by atoms with Gasteiger partial charge in [-0.2, -0.15) is 0 Å². The molecule has 132 valence electrons. The summed E-state index contributed by atoms with van der Waals surface area (Å²) in [5, 5.41) is 8.47. The van der Waals surface area contributed by atoms with E-state index in [0.717, 1.165) is 36.3 Å². The van der Waals surface area contributed by atoms with Crippen molar-refractivity contribution in [3.8, 4) is 17.2 Å². The molecule has 0 saturated carbocycles. The van der Waals surface area contributed by atoms with Crippen LogP contribution >= 0.6 is 11.8 Å². The van der Waals surface area contributed by atoms with Gasteiger partial charge in [-0.1, -0.05) is 17.8 Å². The van der Waals surface area contributed by atoms with Gasteiger partial charge in [-0.25, -0.2) is 0 Å². The number of thioether (sulfide) groups is 1. The second kappa shape index (κ2) is 8.20. The number of allylic oxidation sites excluding steroid dienone is 2. The zero-order valence-corrected chi connectivity index (χ0v) is 15.2. The van der Waals surface area contributed by atoms with Crippen LogP contribution in [0.5, 0.6) is 5.75 Å². The summed E-state index contributed by atoms with van der Waals surface area (Å²) >= 11 is 1.27. The van der Waals surface area contributed by atoms with Crippen LogP contribution in [0, 0.1) is 0 Å². The van der Waals surface area contributed by atoms with Crippen LogP contribution in [0.4, 0.5) is 0 Å². The number of nitrogens with zero attached hydrogens (tertiary/aromatic N) is 3. The van der Waals surface area contributed by atoms with Crippen LogP contribution in [-0.2, 0) is 4.79 Å². The van der Waals surface area contributed by atoms with Crippen molar-refractivity contribution in [3.63, 3.8) is 0 Å². The Bertz CT molecular complexity index is 755. The molecule has 1 aliphatic rings. The second-order valence-corrected chi connectivity index (χ2v) is 6.54. The summed E-state index contributed by atoms with van der Waals surface area (Å²) in [5.74, 6) is 1.56. The minimum atomic E-state index is 0.0739. The van der Waals surface area contributed by atoms with Gasteiger partial charge in [-0.3, -0.25) is 4.79 Å². The summed E-state index contributed by atoms with van der Waals surface area (Å²) < 4.78 is 10.8. The first-order chi connectivity index (χ1) is 12.2. The lowest BCUT2D eigenvalue weighted by atomic mass is 10.2. The molecule has 0 aliphatic heterocycles. The molecule has 0 bridgehead atoms. The third-order valence-corrected chi connectivity index (χ3v) is 4.85. The van der Waals surface area contributed by atoms with Gasteiger partial charge in [0.1, 0.15) is 5.75 Å². The highest BCUT2D eigenvalue weighted by Gasteiger charge is 2.20. The largest absolute Gasteiger partial charge is 0.497 e. The van der Waals surface area contributed by atoms with Crippen LogP contribution in [0.1, 0.15) is 26.2 Å². The molecule has 0 N–H and O–H groups in total. The molecule has 2 aromatic rings. The van der Waals surface area contributed by atoms with E-state index in [2.05, 4.69) is 16.3 Å². The molecule has 0 spiro atoms. The van der Waals surface area contributed by atoms with Crippen LogP contribution in [-0.4, -0.2) is 40.4 Å². The van der Waals surface area contributed by atoms with E-state index in [4.69, 9.17) is 9.15 Å². The van der Waals surface area contributed by atoms with Crippen molar-refractivity contribution in [2.45, 2.75) is 31.4 Å². The molecule has 1 aliphatic carbocycles. The molecule has 6 nitrogen and oxygen atoms in total. The van der Waals surface area contributed by atoms with Gasteiger partial charge in [0.25, 0.3) is 5.22 Å². The van der Waals surface area contributed by atoms with E-state index in [1.807, 2.05) is 36.1 Å². The van der Waals surface area contributed by atoms with E-state index in [1.54, 1.807) is 7.11 Å². The minimum absolute atomic E-state index is 0.0739. The molecule has 0 atom stereocenters. The van der Waals surface area contributed by atoms with Crippen molar-refractivity contribution in [2.24, 2.45) is 0 Å². The first-order valence-electron chi connectivity index (χ1n) is 8.31. The zero-order chi connectivity index (χ0) is 17.6. The van der Waals surface area contributed by atoms with E-state index < -0.39 is 0 Å². The summed E-state index contributed by atoms with van der Waals surface area (Å²) in [5.41, 5.74) is 1.95. The summed E-state index contributed by atoms with van der Waals surface area (Å²) in [6.45, 7) is 2.68. The molecular formula is C18H21N3O3S. The monoisotopic (exact) mass is 359 g/mol. The van der Waals surface area contributed by atoms with Crippen molar-refractivity contribution in [2.75, 3.05) is 19.4 Å². The fourth-order valence-electron chi connectivity index (χ4n) is 2.76. The highest BCUT2D eigenvalue weighted by molar-refractivity contribution is 7.99. The predicted molar refractivity (Wildman–Crippen MR) is 96.3 cm³/mol. The lowest BCUT2D eigenvalue weighted by Gasteiger charge is -2.21. The number of ether oxygens (including phenoxy) is 1. The number of carbonyl (C=O) groups is 1. The van der Waals surface area contributed by atoms with Gasteiger partial charge >= 0.3 is 0 Å². The first-order valence-corrected chi connectivity index (χ1v) is 9.30. The average molecular weight is 359 g/mol. The Balaban J connectivity index is 1.60. The fraction of sp³-hybridized carbons (Fsp3) is 0.389. The number of amides is 1. The normalized spacial score (nSPS) is 13.6. The van der Waals surface area contributed by atoms with Gasteiger partial charge in [0.15, 0.2) is 0 Å². The topological polar surface area (TPSA) is 68.5 Å². The van der Waals surface area contributed by atoms with Gasteiger partial charge in [0.05, 0.1) is 12.9 Å². The third kappa shape index (κ3) is 4.22. The highest BCUT2D eigenvalue weighted by atomic mass is 32.2. The number of methoxy groups -OCH3 is 1. The van der Waals surface area contributed by atoms with Crippen molar-refractivity contribution in [1.29, 1.82) is 0 Å². The molecule has 1 amide bonds. The Labute approximate surface area is 151 Å². The second-order valence-electron chi connectivity index (χ2n) is 5.62. The summed E-state index contributed by atoms with van der Waals surface area (Å²) in [6, 6.07) is 7.39. The molecule has 3 rings (SSSR count). The molecular weight excluding hydrogens is 338 g/mol. The molecule has 7 heteroatoms. The predicted octanol–water partition coefficient (Wildman–Crippen LogP) is 3.75. The SMILES string of the molecule is CCN(C(=O)CSc1nnc(-c2ccc(OC)cc2)o1)C1=CCCC1. The number of benzene rings is 1. The first kappa shape index (κ1) is 17.5. The maximum Gasteiger partial charge on any atom is 0.277 e. The van der Waals surface area contributed by atoms with Crippen molar-refractivity contribution < 1.29 is 13.9 Å². The lowest BCUT2D eigenvalue weighted by molar-refractivity contribution is -0.126. The highest BCUT2D eigenvalue weighted by Crippen LogP contribution is 2.26. The van der Waals surface area contributed by atoms with Crippen LogP contribution in [0.3, 0.4) is 0 Å². The standard InChI is InChI=1S/C18H21N3O3S/c1-3-21(14-6-4-5-7-14)16(22)12-25-18-20-19-17(24-18)13-8-10-15(23-2)11-9-13/h6,8-11H,3-5,7,12H2,1-2H3. The summed E-state index contributed by atoms with van der Waals surface area (Å²) in [6.07, 6.45) is 5.31. The third-order valence-electron chi connectivity index (χ3n) is 4.04. The van der Waals surface area contributed by atoms with Gasteiger partial charge in [-0.15, -0.1) is 10.2 Å². The van der Waals surface area contributed by atoms with Crippen molar-refractivity contribution >= 4 is 17.7 Å². The molecule has 0 radical (unpaired) electrons. The average Bonchev–Trinajstić information content (AvgIpc) is 3.33. The van der Waals surface area contributed by atoms with E-state index in [0.29, 0.717) is 17.7 Å². The van der Waals surface area contributed by atoms with E-state index >= 15 is 0 Å². The zero-order valence-electron chi connectivity index (χ0n) is 14.4. The van der Waals surface area contributed by atoms with E-state index in [9.17, 15) is 4.79 Å². The summed E-state index contributed by atoms with van der Waals surface area (Å²) in [4.78, 5) is 14.3. The Morgan fingerprint density at radius 3 is 2.76 bits per heavy atom. The maximum atomic E-state index is 12.4. The van der Waals surface area contributed by atoms with Gasteiger partial charge in [0, 0.05) is 17.8 Å². The number of hydrogen-bond donors (Lipinski definition) is 0. The lowest BCUT2D eigenvalue weighted by Crippen LogP contribution is -2.31. The molecule has 0 saturated heterocycles. The number of aromatic nitrogens is 2. The van der Waals surface area contributed by atoms with E-state index in [-0.39, 0.29) is 11.7 Å². The smallest absolute Gasteiger partial charge is 0.277 e. The van der Waals surface area contributed by atoms with Crippen LogP contribution in [0.15, 0.2) is 45.7 Å². The van der Waals surface area contributed by atoms with Crippen LogP contribution in [0.25, 0.3) is 11.5 Å². The van der Waals surface area contributed by atoms with Gasteiger partial charge in [-0.05, 0) is 50.5 Å². The minimum Gasteiger partial charge on any atom is -0.497 e. The molecule has 0 fully saturated rings. The Morgan fingerprint density at radius 1 is 1.32 bits per heavy atom. The Morgan fingerprint density at radius 2 is 2.12 bits per heavy atom. The van der Waals surface area contributed by atoms with Crippen molar-refractivity contribution in [3.05, 3.63) is 36.0 Å². The number of hydrogen-bond acceptors (Lipinski definition) is 6. The fourth-order valence-corrected chi connectivity index (χ4v) is 3.40. The van der Waals surface area contributed by atoms with E-state index in [1.165, 1.54) is 11.8 Å². The molecule has 0 unspecified atom stereocenters. The van der Waals surface area contributed by atoms with Crippen molar-refractivity contribution in [1.82, 2.24) is 15.1 Å². The van der Waals surface area contributed by atoms with Gasteiger partial charge < -0.3 is 14.1 Å². The molecule has 1 aromatic carbocycles. The Kier molecular flexibility index (Phi) is 5.75. The maximum absolute atomic E-state index is 12.4.